The van der Waals surface area contributed by atoms with Crippen molar-refractivity contribution in [1.29, 1.82) is 0 Å². The number of ether oxygens (including phenoxy) is 2. The zero-order valence-corrected chi connectivity index (χ0v) is 20.6. The molecule has 0 saturated heterocycles. The van der Waals surface area contributed by atoms with Crippen molar-refractivity contribution in [3.8, 4) is 11.5 Å². The maximum absolute atomic E-state index is 12.3. The molecule has 0 aromatic heterocycles. The molecule has 0 spiro atoms. The molecule has 186 valence electrons. The van der Waals surface area contributed by atoms with Crippen LogP contribution in [0.25, 0.3) is 0 Å². The van der Waals surface area contributed by atoms with Gasteiger partial charge < -0.3 is 19.9 Å². The Hall–Kier alpha value is -3.02. The molecule has 0 atom stereocenters. The maximum atomic E-state index is 12.3. The molecule has 0 radical (unpaired) electrons. The van der Waals surface area contributed by atoms with E-state index in [1.54, 1.807) is 31.4 Å². The summed E-state index contributed by atoms with van der Waals surface area (Å²) in [6.45, 7) is 2.72. The topological polar surface area (TPSA) is 84.9 Å². The summed E-state index contributed by atoms with van der Waals surface area (Å²) >= 11 is 0. The fraction of sp³-hybridized carbons (Fsp3) is 0.500. The van der Waals surface area contributed by atoms with Gasteiger partial charge in [0.05, 0.1) is 12.7 Å². The second-order valence-corrected chi connectivity index (χ2v) is 8.63. The first-order valence-corrected chi connectivity index (χ1v) is 12.5. The Labute approximate surface area is 203 Å². The average molecular weight is 470 g/mol. The SMILES string of the molecule is CCCCCCCCCCCCC(=O)Oc1ccc(CNc2cccc(C(=O)O)c2)cc1OC. The van der Waals surface area contributed by atoms with Crippen molar-refractivity contribution in [1.82, 2.24) is 0 Å². The van der Waals surface area contributed by atoms with Gasteiger partial charge >= 0.3 is 11.9 Å². The van der Waals surface area contributed by atoms with Crippen LogP contribution >= 0.6 is 0 Å². The van der Waals surface area contributed by atoms with Crippen molar-refractivity contribution < 1.29 is 24.2 Å². The molecule has 0 unspecified atom stereocenters. The Bertz CT molecular complexity index is 896. The van der Waals surface area contributed by atoms with Crippen molar-refractivity contribution in [2.45, 2.75) is 84.1 Å². The van der Waals surface area contributed by atoms with Crippen LogP contribution in [-0.4, -0.2) is 24.2 Å². The van der Waals surface area contributed by atoms with E-state index in [9.17, 15) is 9.59 Å². The highest BCUT2D eigenvalue weighted by molar-refractivity contribution is 5.88. The monoisotopic (exact) mass is 469 g/mol. The quantitative estimate of drug-likeness (QED) is 0.144. The van der Waals surface area contributed by atoms with Gasteiger partial charge in [-0.3, -0.25) is 4.79 Å². The molecule has 0 aliphatic carbocycles. The van der Waals surface area contributed by atoms with Crippen LogP contribution in [0.5, 0.6) is 11.5 Å². The Morgan fingerprint density at radius 3 is 2.18 bits per heavy atom. The number of carboxylic acid groups (broad SMARTS) is 1. The smallest absolute Gasteiger partial charge is 0.335 e. The molecular weight excluding hydrogens is 430 g/mol. The number of hydrogen-bond donors (Lipinski definition) is 2. The summed E-state index contributed by atoms with van der Waals surface area (Å²) in [5, 5.41) is 12.3. The van der Waals surface area contributed by atoms with Crippen molar-refractivity contribution in [2.75, 3.05) is 12.4 Å². The standard InChI is InChI=1S/C28H39NO5/c1-3-4-5-6-7-8-9-10-11-12-16-27(30)34-25-18-17-22(19-26(25)33-2)21-29-24-15-13-14-23(20-24)28(31)32/h13-15,17-20,29H,3-12,16,21H2,1-2H3,(H,31,32). The zero-order chi connectivity index (χ0) is 24.6. The number of carbonyl (C=O) groups is 2. The minimum atomic E-state index is -0.964. The largest absolute Gasteiger partial charge is 0.493 e. The predicted molar refractivity (Wildman–Crippen MR) is 136 cm³/mol. The summed E-state index contributed by atoms with van der Waals surface area (Å²) in [5.74, 6) is -0.297. The van der Waals surface area contributed by atoms with Crippen molar-refractivity contribution in [2.24, 2.45) is 0 Å². The molecular formula is C28H39NO5. The summed E-state index contributed by atoms with van der Waals surface area (Å²) in [6.07, 6.45) is 12.6. The van der Waals surface area contributed by atoms with Crippen molar-refractivity contribution >= 4 is 17.6 Å². The Balaban J connectivity index is 1.72. The highest BCUT2D eigenvalue weighted by Crippen LogP contribution is 2.29. The fourth-order valence-corrected chi connectivity index (χ4v) is 3.80. The van der Waals surface area contributed by atoms with E-state index >= 15 is 0 Å². The van der Waals surface area contributed by atoms with E-state index in [-0.39, 0.29) is 11.5 Å². The lowest BCUT2D eigenvalue weighted by molar-refractivity contribution is -0.134. The first-order valence-electron chi connectivity index (χ1n) is 12.5. The molecule has 2 aromatic carbocycles. The third-order valence-corrected chi connectivity index (χ3v) is 5.79. The molecule has 0 amide bonds. The zero-order valence-electron chi connectivity index (χ0n) is 20.6. The number of esters is 1. The van der Waals surface area contributed by atoms with Crippen LogP contribution in [0, 0.1) is 0 Å². The molecule has 34 heavy (non-hydrogen) atoms. The van der Waals surface area contributed by atoms with E-state index in [4.69, 9.17) is 14.6 Å². The van der Waals surface area contributed by atoms with Gasteiger partial charge in [-0.1, -0.05) is 76.8 Å². The number of benzene rings is 2. The van der Waals surface area contributed by atoms with Crippen molar-refractivity contribution in [3.05, 3.63) is 53.6 Å². The van der Waals surface area contributed by atoms with Crippen LogP contribution in [0.15, 0.2) is 42.5 Å². The Morgan fingerprint density at radius 2 is 1.53 bits per heavy atom. The number of carboxylic acids is 1. The first kappa shape index (κ1) is 27.2. The van der Waals surface area contributed by atoms with Crippen LogP contribution in [0.2, 0.25) is 0 Å². The molecule has 0 saturated carbocycles. The predicted octanol–water partition coefficient (Wildman–Crippen LogP) is 7.22. The number of rotatable bonds is 17. The molecule has 0 fully saturated rings. The third-order valence-electron chi connectivity index (χ3n) is 5.79. The summed E-state index contributed by atoms with van der Waals surface area (Å²) in [5.41, 5.74) is 1.87. The second-order valence-electron chi connectivity index (χ2n) is 8.63. The van der Waals surface area contributed by atoms with Gasteiger partial charge in [0, 0.05) is 18.7 Å². The lowest BCUT2D eigenvalue weighted by atomic mass is 10.1. The van der Waals surface area contributed by atoms with Gasteiger partial charge in [-0.25, -0.2) is 4.79 Å². The lowest BCUT2D eigenvalue weighted by Gasteiger charge is -2.12. The number of aromatic carboxylic acids is 1. The first-order chi connectivity index (χ1) is 16.5. The van der Waals surface area contributed by atoms with E-state index in [1.807, 2.05) is 18.2 Å². The summed E-state index contributed by atoms with van der Waals surface area (Å²) in [6, 6.07) is 12.1. The molecule has 0 bridgehead atoms. The molecule has 0 aliphatic rings. The Kier molecular flexibility index (Phi) is 12.6. The maximum Gasteiger partial charge on any atom is 0.335 e. The number of unbranched alkanes of at least 4 members (excludes halogenated alkanes) is 9. The Morgan fingerprint density at radius 1 is 0.853 bits per heavy atom. The van der Waals surface area contributed by atoms with E-state index < -0.39 is 5.97 Å². The minimum Gasteiger partial charge on any atom is -0.493 e. The molecule has 2 N–H and O–H groups in total. The molecule has 0 heterocycles. The molecule has 6 nitrogen and oxygen atoms in total. The van der Waals surface area contributed by atoms with Gasteiger partial charge in [0.1, 0.15) is 0 Å². The van der Waals surface area contributed by atoms with Gasteiger partial charge in [-0.15, -0.1) is 0 Å². The second kappa shape index (κ2) is 15.8. The van der Waals surface area contributed by atoms with Crippen LogP contribution in [-0.2, 0) is 11.3 Å². The number of anilines is 1. The van der Waals surface area contributed by atoms with Gasteiger partial charge in [0.25, 0.3) is 0 Å². The van der Waals surface area contributed by atoms with Gasteiger partial charge in [0.15, 0.2) is 11.5 Å². The van der Waals surface area contributed by atoms with Crippen LogP contribution < -0.4 is 14.8 Å². The van der Waals surface area contributed by atoms with E-state index in [0.29, 0.717) is 30.2 Å². The third kappa shape index (κ3) is 10.3. The average Bonchev–Trinajstić information content (AvgIpc) is 2.84. The fourth-order valence-electron chi connectivity index (χ4n) is 3.80. The minimum absolute atomic E-state index is 0.229. The lowest BCUT2D eigenvalue weighted by Crippen LogP contribution is -2.09. The summed E-state index contributed by atoms with van der Waals surface area (Å²) in [4.78, 5) is 23.4. The van der Waals surface area contributed by atoms with Gasteiger partial charge in [0.2, 0.25) is 0 Å². The highest BCUT2D eigenvalue weighted by atomic mass is 16.6. The summed E-state index contributed by atoms with van der Waals surface area (Å²) < 4.78 is 10.9. The van der Waals surface area contributed by atoms with E-state index in [1.165, 1.54) is 51.4 Å². The van der Waals surface area contributed by atoms with E-state index in [2.05, 4.69) is 12.2 Å². The van der Waals surface area contributed by atoms with Crippen LogP contribution in [0.3, 0.4) is 0 Å². The normalized spacial score (nSPS) is 10.6. The number of carbonyl (C=O) groups excluding carboxylic acids is 1. The molecule has 2 aromatic rings. The number of hydrogen-bond acceptors (Lipinski definition) is 5. The molecule has 0 aliphatic heterocycles. The molecule has 2 rings (SSSR count). The van der Waals surface area contributed by atoms with E-state index in [0.717, 1.165) is 18.4 Å². The van der Waals surface area contributed by atoms with Gasteiger partial charge in [-0.2, -0.15) is 0 Å². The number of methoxy groups -OCH3 is 1. The molecule has 6 heteroatoms. The van der Waals surface area contributed by atoms with Crippen molar-refractivity contribution in [3.63, 3.8) is 0 Å². The summed E-state index contributed by atoms with van der Waals surface area (Å²) in [7, 11) is 1.54. The van der Waals surface area contributed by atoms with Crippen LogP contribution in [0.4, 0.5) is 5.69 Å². The van der Waals surface area contributed by atoms with Gasteiger partial charge in [-0.05, 0) is 42.3 Å². The number of nitrogens with one attached hydrogen (secondary N) is 1. The van der Waals surface area contributed by atoms with Crippen LogP contribution in [0.1, 0.15) is 93.5 Å². The highest BCUT2D eigenvalue weighted by Gasteiger charge is 2.11.